The molecule has 9 heteroatoms. The monoisotopic (exact) mass is 929 g/mol. The molecular formula is C62H43N7OSi. The van der Waals surface area contributed by atoms with Gasteiger partial charge in [-0.15, -0.1) is 0 Å². The number of imidazole rings is 4. The summed E-state index contributed by atoms with van der Waals surface area (Å²) in [5.74, 6) is 2.99. The summed E-state index contributed by atoms with van der Waals surface area (Å²) in [6, 6.07) is 76.0. The Morgan fingerprint density at radius 2 is 1.03 bits per heavy atom. The van der Waals surface area contributed by atoms with Gasteiger partial charge in [0, 0.05) is 10.8 Å². The number of rotatable bonds is 9. The summed E-state index contributed by atoms with van der Waals surface area (Å²) in [6.07, 6.45) is 5.97. The van der Waals surface area contributed by atoms with Gasteiger partial charge in [-0.2, -0.15) is 0 Å². The maximum Gasteiger partial charge on any atom is 0.221 e. The minimum atomic E-state index is -3.06. The maximum atomic E-state index is 6.92. The molecule has 0 bridgehead atoms. The number of fused-ring (bicyclic) bond motifs is 11. The zero-order chi connectivity index (χ0) is 47.2. The summed E-state index contributed by atoms with van der Waals surface area (Å²) >= 11 is 0. The summed E-state index contributed by atoms with van der Waals surface area (Å²) in [6.45, 7) is 6.19. The number of aromatic nitrogens is 7. The van der Waals surface area contributed by atoms with Crippen molar-refractivity contribution in [2.24, 2.45) is 0 Å². The van der Waals surface area contributed by atoms with E-state index in [4.69, 9.17) is 19.4 Å². The molecule has 0 unspecified atom stereocenters. The highest BCUT2D eigenvalue weighted by molar-refractivity contribution is 7.20. The molecule has 0 aliphatic heterocycles. The fraction of sp³-hybridized carbons (Fsp3) is 0.0161. The number of hydrogen-bond acceptors (Lipinski definition) is 4. The quantitative estimate of drug-likeness (QED) is 0.107. The molecule has 6 aromatic heterocycles. The molecular weight excluding hydrogens is 887 g/mol. The van der Waals surface area contributed by atoms with Crippen molar-refractivity contribution in [3.63, 3.8) is 0 Å². The smallest absolute Gasteiger partial charge is 0.221 e. The molecule has 0 radical (unpaired) electrons. The number of nitrogens with zero attached hydrogens (tertiary/aromatic N) is 7. The van der Waals surface area contributed by atoms with E-state index in [9.17, 15) is 0 Å². The predicted molar refractivity (Wildman–Crippen MR) is 294 cm³/mol. The van der Waals surface area contributed by atoms with E-state index in [1.165, 1.54) is 20.7 Å². The van der Waals surface area contributed by atoms with Crippen molar-refractivity contribution in [3.8, 4) is 22.8 Å². The summed E-state index contributed by atoms with van der Waals surface area (Å²) in [4.78, 5) is 16.1. The van der Waals surface area contributed by atoms with Crippen LogP contribution in [-0.2, 0) is 0 Å². The molecule has 0 saturated carbocycles. The first kappa shape index (κ1) is 40.7. The first-order chi connectivity index (χ1) is 35.1. The second kappa shape index (κ2) is 15.9. The van der Waals surface area contributed by atoms with Crippen LogP contribution in [0.5, 0.6) is 0 Å². The van der Waals surface area contributed by atoms with Crippen molar-refractivity contribution in [1.29, 1.82) is 0 Å². The van der Waals surface area contributed by atoms with Crippen molar-refractivity contribution in [2.45, 2.75) is 6.92 Å². The third-order valence-corrected chi connectivity index (χ3v) is 19.0. The first-order valence-corrected chi connectivity index (χ1v) is 25.9. The van der Waals surface area contributed by atoms with E-state index >= 15 is 0 Å². The standard InChI is InChI=1S/C62H43N7OSi/c1-3-20-50-48(4-2)63-61-66(50)52-29-14-16-31-54(52)68(61)58-39-42(40-59(65-58)69-55-32-17-15-30-53(55)67-51-28-13-12-27-49(51)64-62(67)69)41-35-37-45(38-36-41)71(43-21-7-5-8-22-43,44-23-9-6-10-24-44)57-34-19-26-47-46-25-11-18-33-56(46)70-60(47)57/h3-40H,2H2,1H3/b20-3-. The zero-order valence-corrected chi connectivity index (χ0v) is 39.7. The van der Waals surface area contributed by atoms with Crippen molar-refractivity contribution in [2.75, 3.05) is 0 Å². The van der Waals surface area contributed by atoms with E-state index in [0.717, 1.165) is 101 Å². The lowest BCUT2D eigenvalue weighted by Crippen LogP contribution is -2.74. The molecule has 6 heterocycles. The van der Waals surface area contributed by atoms with Crippen LogP contribution in [0, 0.1) is 0 Å². The molecule has 0 saturated heterocycles. The number of benzene rings is 8. The van der Waals surface area contributed by atoms with Gasteiger partial charge in [-0.1, -0.05) is 170 Å². The topological polar surface area (TPSA) is 70.5 Å². The number of hydrogen-bond donors (Lipinski definition) is 0. The molecule has 71 heavy (non-hydrogen) atoms. The Bertz CT molecular complexity index is 4400. The first-order valence-electron chi connectivity index (χ1n) is 23.9. The van der Waals surface area contributed by atoms with Crippen molar-refractivity contribution < 1.29 is 4.42 Å². The largest absolute Gasteiger partial charge is 0.456 e. The van der Waals surface area contributed by atoms with Crippen LogP contribution < -0.4 is 20.7 Å². The van der Waals surface area contributed by atoms with Gasteiger partial charge in [-0.3, -0.25) is 17.9 Å². The van der Waals surface area contributed by atoms with Crippen LogP contribution in [-0.4, -0.2) is 41.0 Å². The molecule has 0 aliphatic rings. The van der Waals surface area contributed by atoms with Gasteiger partial charge >= 0.3 is 0 Å². The molecule has 0 atom stereocenters. The summed E-state index contributed by atoms with van der Waals surface area (Å²) < 4.78 is 15.7. The molecule has 14 rings (SSSR count). The molecule has 0 N–H and O–H groups in total. The van der Waals surface area contributed by atoms with Crippen molar-refractivity contribution in [3.05, 3.63) is 236 Å². The van der Waals surface area contributed by atoms with E-state index in [1.807, 2.05) is 31.2 Å². The Labute approximate surface area is 409 Å². The molecule has 0 spiro atoms. The van der Waals surface area contributed by atoms with Crippen molar-refractivity contribution in [1.82, 2.24) is 32.9 Å². The lowest BCUT2D eigenvalue weighted by Gasteiger charge is -2.34. The van der Waals surface area contributed by atoms with Crippen LogP contribution in [0.3, 0.4) is 0 Å². The number of para-hydroxylation sites is 8. The fourth-order valence-electron chi connectivity index (χ4n) is 11.2. The van der Waals surface area contributed by atoms with Gasteiger partial charge in [0.05, 0.1) is 44.5 Å². The van der Waals surface area contributed by atoms with Gasteiger partial charge in [0.2, 0.25) is 11.6 Å². The Morgan fingerprint density at radius 1 is 0.479 bits per heavy atom. The molecule has 0 fully saturated rings. The summed E-state index contributed by atoms with van der Waals surface area (Å²) in [5, 5.41) is 7.23. The van der Waals surface area contributed by atoms with Crippen LogP contribution in [0.25, 0.3) is 102 Å². The van der Waals surface area contributed by atoms with Gasteiger partial charge in [0.1, 0.15) is 22.8 Å². The van der Waals surface area contributed by atoms with E-state index in [1.54, 1.807) is 0 Å². The van der Waals surface area contributed by atoms with Gasteiger partial charge in [0.15, 0.2) is 8.07 Å². The minimum Gasteiger partial charge on any atom is -0.456 e. The van der Waals surface area contributed by atoms with Gasteiger partial charge in [-0.05, 0) is 106 Å². The molecule has 336 valence electrons. The molecule has 8 nitrogen and oxygen atoms in total. The normalized spacial score (nSPS) is 12.3. The Kier molecular flexibility index (Phi) is 9.11. The third-order valence-electron chi connectivity index (χ3n) is 14.2. The van der Waals surface area contributed by atoms with Gasteiger partial charge < -0.3 is 4.42 Å². The Hall–Kier alpha value is -9.31. The van der Waals surface area contributed by atoms with Crippen LogP contribution in [0.1, 0.15) is 18.3 Å². The summed E-state index contributed by atoms with van der Waals surface area (Å²) in [5.41, 5.74) is 11.6. The van der Waals surface area contributed by atoms with Gasteiger partial charge in [-0.25, -0.2) is 15.0 Å². The molecule has 14 aromatic rings. The average Bonchev–Trinajstić information content (AvgIpc) is 4.24. The number of pyridine rings is 1. The Balaban J connectivity index is 1.05. The van der Waals surface area contributed by atoms with Crippen LogP contribution in [0.15, 0.2) is 229 Å². The predicted octanol–water partition coefficient (Wildman–Crippen LogP) is 12.0. The van der Waals surface area contributed by atoms with E-state index in [2.05, 4.69) is 231 Å². The van der Waals surface area contributed by atoms with Gasteiger partial charge in [0.25, 0.3) is 0 Å². The van der Waals surface area contributed by atoms with Crippen molar-refractivity contribution >= 4 is 108 Å². The van der Waals surface area contributed by atoms with Crippen LogP contribution in [0.4, 0.5) is 0 Å². The van der Waals surface area contributed by atoms with Crippen LogP contribution >= 0.6 is 0 Å². The second-order valence-electron chi connectivity index (χ2n) is 18.0. The second-order valence-corrected chi connectivity index (χ2v) is 21.8. The zero-order valence-electron chi connectivity index (χ0n) is 38.7. The van der Waals surface area contributed by atoms with E-state index in [0.29, 0.717) is 0 Å². The number of furan rings is 1. The number of allylic oxidation sites excluding steroid dienone is 1. The SMILES string of the molecule is C=Cc1nc2n(-c3cc(-c4ccc([Si](c5ccccc5)(c5ccccc5)c5cccc6c5oc5ccccc56)cc4)cc(-n4c5ccccc5n5c6ccccc6nc45)n3)c3ccccc3n2c1/C=C\C. The van der Waals surface area contributed by atoms with Crippen LogP contribution in [0.2, 0.25) is 0 Å². The highest BCUT2D eigenvalue weighted by Gasteiger charge is 2.43. The lowest BCUT2D eigenvalue weighted by molar-refractivity contribution is 0.671. The lowest BCUT2D eigenvalue weighted by atomic mass is 10.1. The Morgan fingerprint density at radius 3 is 1.69 bits per heavy atom. The maximum absolute atomic E-state index is 6.92. The minimum absolute atomic E-state index is 0.723. The third kappa shape index (κ3) is 5.93. The van der Waals surface area contributed by atoms with E-state index in [-0.39, 0.29) is 0 Å². The highest BCUT2D eigenvalue weighted by atomic mass is 28.3. The average molecular weight is 930 g/mol. The molecule has 0 aliphatic carbocycles. The molecule has 0 amide bonds. The highest BCUT2D eigenvalue weighted by Crippen LogP contribution is 2.35. The summed E-state index contributed by atoms with van der Waals surface area (Å²) in [7, 11) is -3.06. The molecule has 8 aromatic carbocycles. The van der Waals surface area contributed by atoms with E-state index < -0.39 is 8.07 Å². The fourth-order valence-corrected chi connectivity index (χ4v) is 16.1.